The minimum absolute atomic E-state index is 0.0303. The Morgan fingerprint density at radius 1 is 1.17 bits per heavy atom. The number of hydrogen-bond acceptors (Lipinski definition) is 8. The molecule has 0 atom stereocenters. The van der Waals surface area contributed by atoms with Crippen LogP contribution in [0.3, 0.4) is 0 Å². The number of nitro groups is 1. The molecule has 3 rings (SSSR count). The quantitative estimate of drug-likeness (QED) is 0.131. The molecule has 0 aliphatic rings. The molecule has 3 aromatic carbocycles. The second-order valence-electron chi connectivity index (χ2n) is 7.32. The molecule has 3 aromatic rings. The van der Waals surface area contributed by atoms with Crippen LogP contribution in [0.15, 0.2) is 75.6 Å². The van der Waals surface area contributed by atoms with Gasteiger partial charge in [-0.25, -0.2) is 0 Å². The first-order chi connectivity index (χ1) is 17.0. The van der Waals surface area contributed by atoms with E-state index < -0.39 is 20.9 Å². The molecule has 0 spiro atoms. The van der Waals surface area contributed by atoms with Crippen molar-refractivity contribution >= 4 is 49.4 Å². The third-order valence-electron chi connectivity index (χ3n) is 4.75. The number of amides is 1. The molecule has 0 aliphatic carbocycles. The summed E-state index contributed by atoms with van der Waals surface area (Å²) in [6, 6.07) is 16.0. The van der Waals surface area contributed by atoms with Gasteiger partial charge in [0.2, 0.25) is 0 Å². The lowest BCUT2D eigenvalue weighted by Gasteiger charge is -2.14. The second-order valence-corrected chi connectivity index (χ2v) is 9.72. The van der Waals surface area contributed by atoms with E-state index in [4.69, 9.17) is 8.92 Å². The highest BCUT2D eigenvalue weighted by molar-refractivity contribution is 9.10. The van der Waals surface area contributed by atoms with Crippen molar-refractivity contribution in [2.75, 3.05) is 12.4 Å². The van der Waals surface area contributed by atoms with Gasteiger partial charge in [-0.15, -0.1) is 0 Å². The molecule has 12 heteroatoms. The van der Waals surface area contributed by atoms with Gasteiger partial charge in [0.05, 0.1) is 16.5 Å². The third kappa shape index (κ3) is 6.26. The summed E-state index contributed by atoms with van der Waals surface area (Å²) < 4.78 is 36.2. The third-order valence-corrected chi connectivity index (χ3v) is 6.57. The Balaban J connectivity index is 1.90. The van der Waals surface area contributed by atoms with Crippen molar-refractivity contribution in [3.05, 3.63) is 92.0 Å². The van der Waals surface area contributed by atoms with Crippen molar-refractivity contribution in [2.45, 2.75) is 11.8 Å². The number of nitrogens with one attached hydrogen (secondary N) is 1. The monoisotopic (exact) mass is 571 g/mol. The summed E-state index contributed by atoms with van der Waals surface area (Å²) in [5, 5.41) is 22.9. The minimum atomic E-state index is -4.17. The van der Waals surface area contributed by atoms with Crippen molar-refractivity contribution in [2.24, 2.45) is 0 Å². The molecule has 36 heavy (non-hydrogen) atoms. The van der Waals surface area contributed by atoms with Gasteiger partial charge in [0.25, 0.3) is 11.6 Å². The average molecular weight is 572 g/mol. The van der Waals surface area contributed by atoms with Crippen LogP contribution in [-0.2, 0) is 14.9 Å². The molecule has 0 radical (unpaired) electrons. The van der Waals surface area contributed by atoms with Gasteiger partial charge in [0.1, 0.15) is 16.5 Å². The van der Waals surface area contributed by atoms with E-state index >= 15 is 0 Å². The molecule has 0 heterocycles. The number of methoxy groups -OCH3 is 1. The van der Waals surface area contributed by atoms with E-state index in [1.54, 1.807) is 18.2 Å². The first-order valence-corrected chi connectivity index (χ1v) is 12.3. The van der Waals surface area contributed by atoms with Crippen LogP contribution in [0.25, 0.3) is 6.08 Å². The maximum Gasteiger partial charge on any atom is 0.339 e. The lowest BCUT2D eigenvalue weighted by atomic mass is 10.1. The number of aryl methyl sites for hydroxylation is 1. The van der Waals surface area contributed by atoms with Crippen LogP contribution in [-0.4, -0.2) is 26.4 Å². The van der Waals surface area contributed by atoms with E-state index in [0.29, 0.717) is 5.56 Å². The zero-order chi connectivity index (χ0) is 26.5. The number of nitriles is 1. The van der Waals surface area contributed by atoms with Gasteiger partial charge in [-0.3, -0.25) is 14.9 Å². The van der Waals surface area contributed by atoms with Gasteiger partial charge in [-0.05, 0) is 64.8 Å². The highest BCUT2D eigenvalue weighted by Gasteiger charge is 2.22. The molecule has 1 N–H and O–H groups in total. The lowest BCUT2D eigenvalue weighted by molar-refractivity contribution is -0.384. The molecule has 1 amide bonds. The SMILES string of the molecule is COc1cc(/C=C(\C#N)C(=O)Nc2cccc([N+](=O)[O-])c2)cc(Br)c1OS(=O)(=O)c1ccc(C)cc1. The standard InChI is InChI=1S/C24H18BrN3O7S/c1-15-6-8-20(9-7-15)36(32,33)35-23-21(25)11-16(12-22(23)34-2)10-17(14-26)24(29)27-18-4-3-5-19(13-18)28(30)31/h3-13H,1-2H3,(H,27,29)/b17-10+. The van der Waals surface area contributed by atoms with Crippen LogP contribution in [0, 0.1) is 28.4 Å². The number of benzene rings is 3. The summed E-state index contributed by atoms with van der Waals surface area (Å²) in [6.07, 6.45) is 1.25. The van der Waals surface area contributed by atoms with Gasteiger partial charge in [-0.2, -0.15) is 13.7 Å². The van der Waals surface area contributed by atoms with E-state index in [2.05, 4.69) is 21.2 Å². The molecule has 0 fully saturated rings. The van der Waals surface area contributed by atoms with Gasteiger partial charge in [0.15, 0.2) is 11.5 Å². The van der Waals surface area contributed by atoms with E-state index in [9.17, 15) is 28.6 Å². The van der Waals surface area contributed by atoms with Gasteiger partial charge < -0.3 is 14.2 Å². The summed E-state index contributed by atoms with van der Waals surface area (Å²) >= 11 is 3.25. The van der Waals surface area contributed by atoms with Crippen LogP contribution in [0.4, 0.5) is 11.4 Å². The molecule has 0 aliphatic heterocycles. The Labute approximate surface area is 215 Å². The van der Waals surface area contributed by atoms with E-state index in [1.165, 1.54) is 55.7 Å². The molecule has 0 aromatic heterocycles. The van der Waals surface area contributed by atoms with E-state index in [0.717, 1.165) is 11.6 Å². The Kier molecular flexibility index (Phi) is 8.08. The van der Waals surface area contributed by atoms with Gasteiger partial charge >= 0.3 is 10.1 Å². The molecule has 0 saturated carbocycles. The Morgan fingerprint density at radius 3 is 2.47 bits per heavy atom. The molecular weight excluding hydrogens is 554 g/mol. The summed E-state index contributed by atoms with van der Waals surface area (Å²) in [6.45, 7) is 1.82. The van der Waals surface area contributed by atoms with Crippen molar-refractivity contribution < 1.29 is 27.1 Å². The molecule has 0 unspecified atom stereocenters. The van der Waals surface area contributed by atoms with E-state index in [1.807, 2.05) is 6.92 Å². The molecule has 0 bridgehead atoms. The van der Waals surface area contributed by atoms with Crippen LogP contribution in [0.5, 0.6) is 11.5 Å². The largest absolute Gasteiger partial charge is 0.493 e. The van der Waals surface area contributed by atoms with Crippen LogP contribution < -0.4 is 14.2 Å². The average Bonchev–Trinajstić information content (AvgIpc) is 2.84. The summed E-state index contributed by atoms with van der Waals surface area (Å²) in [4.78, 5) is 22.9. The normalized spacial score (nSPS) is 11.3. The number of non-ortho nitro benzene ring substituents is 1. The summed E-state index contributed by atoms with van der Waals surface area (Å²) in [7, 11) is -2.87. The van der Waals surface area contributed by atoms with Crippen molar-refractivity contribution in [1.82, 2.24) is 0 Å². The van der Waals surface area contributed by atoms with Crippen molar-refractivity contribution in [3.63, 3.8) is 0 Å². The Morgan fingerprint density at radius 2 is 1.86 bits per heavy atom. The molecule has 10 nitrogen and oxygen atoms in total. The second kappa shape index (κ2) is 11.0. The van der Waals surface area contributed by atoms with E-state index in [-0.39, 0.29) is 37.8 Å². The maximum atomic E-state index is 12.7. The fourth-order valence-electron chi connectivity index (χ4n) is 2.98. The minimum Gasteiger partial charge on any atom is -0.493 e. The van der Waals surface area contributed by atoms with Crippen LogP contribution in [0.1, 0.15) is 11.1 Å². The number of ether oxygens (including phenoxy) is 1. The number of carbonyl (C=O) groups excluding carboxylic acids is 1. The number of halogens is 1. The maximum absolute atomic E-state index is 12.7. The summed E-state index contributed by atoms with van der Waals surface area (Å²) in [5.74, 6) is -0.882. The number of carbonyl (C=O) groups is 1. The number of hydrogen-bond donors (Lipinski definition) is 1. The Bertz CT molecular complexity index is 1510. The predicted molar refractivity (Wildman–Crippen MR) is 135 cm³/mol. The number of rotatable bonds is 8. The molecular formula is C24H18BrN3O7S. The fraction of sp³-hybridized carbons (Fsp3) is 0.0833. The van der Waals surface area contributed by atoms with Crippen molar-refractivity contribution in [3.8, 4) is 17.6 Å². The molecule has 0 saturated heterocycles. The van der Waals surface area contributed by atoms with Gasteiger partial charge in [-0.1, -0.05) is 23.8 Å². The Hall–Kier alpha value is -4.21. The number of nitro benzene ring substituents is 1. The topological polar surface area (TPSA) is 149 Å². The zero-order valence-electron chi connectivity index (χ0n) is 18.9. The van der Waals surface area contributed by atoms with Crippen LogP contribution in [0.2, 0.25) is 0 Å². The highest BCUT2D eigenvalue weighted by atomic mass is 79.9. The van der Waals surface area contributed by atoms with Crippen molar-refractivity contribution in [1.29, 1.82) is 5.26 Å². The molecule has 184 valence electrons. The highest BCUT2D eigenvalue weighted by Crippen LogP contribution is 2.39. The number of anilines is 1. The lowest BCUT2D eigenvalue weighted by Crippen LogP contribution is -2.13. The van der Waals surface area contributed by atoms with Gasteiger partial charge in [0, 0.05) is 17.8 Å². The first-order valence-electron chi connectivity index (χ1n) is 10.1. The smallest absolute Gasteiger partial charge is 0.339 e. The first kappa shape index (κ1) is 26.4. The fourth-order valence-corrected chi connectivity index (χ4v) is 4.58. The zero-order valence-corrected chi connectivity index (χ0v) is 21.3. The predicted octanol–water partition coefficient (Wildman–Crippen LogP) is 4.99. The summed E-state index contributed by atoms with van der Waals surface area (Å²) in [5.41, 5.74) is 0.812. The number of nitrogens with zero attached hydrogens (tertiary/aromatic N) is 2. The van der Waals surface area contributed by atoms with Crippen LogP contribution >= 0.6 is 15.9 Å².